The minimum absolute atomic E-state index is 0.250. The van der Waals surface area contributed by atoms with Crippen LogP contribution < -0.4 is 0 Å². The van der Waals surface area contributed by atoms with E-state index in [4.69, 9.17) is 4.52 Å². The molecule has 0 fully saturated rings. The minimum atomic E-state index is -4.73. The van der Waals surface area contributed by atoms with Crippen LogP contribution in [0.2, 0.25) is 0 Å². The van der Waals surface area contributed by atoms with Gasteiger partial charge in [-0.05, 0) is 54.0 Å². The Morgan fingerprint density at radius 3 is 1.65 bits per heavy atom. The highest BCUT2D eigenvalue weighted by molar-refractivity contribution is 7.46. The van der Waals surface area contributed by atoms with Crippen molar-refractivity contribution >= 4 is 7.82 Å². The van der Waals surface area contributed by atoms with Crippen LogP contribution in [0.4, 0.5) is 0 Å². The van der Waals surface area contributed by atoms with Gasteiger partial charge in [0, 0.05) is 0 Å². The molecule has 0 saturated carbocycles. The van der Waals surface area contributed by atoms with Gasteiger partial charge in [-0.2, -0.15) is 0 Å². The molecular weight excluding hydrogens is 447 g/mol. The normalized spacial score (nSPS) is 12.9. The molecule has 34 heavy (non-hydrogen) atoms. The molecule has 1 aromatic rings. The molecule has 0 spiro atoms. The largest absolute Gasteiger partial charge is 0.507 e. The number of rotatable bonds is 17. The third-order valence-electron chi connectivity index (χ3n) is 6.80. The number of phosphoric ester groups is 1. The van der Waals surface area contributed by atoms with E-state index in [0.29, 0.717) is 18.4 Å². The molecule has 5 nitrogen and oxygen atoms in total. The number of aromatic hydroxyl groups is 1. The average Bonchev–Trinajstić information content (AvgIpc) is 2.72. The van der Waals surface area contributed by atoms with Crippen molar-refractivity contribution < 1.29 is 24.0 Å². The van der Waals surface area contributed by atoms with Crippen molar-refractivity contribution in [2.75, 3.05) is 0 Å². The van der Waals surface area contributed by atoms with Gasteiger partial charge >= 0.3 is 7.82 Å². The van der Waals surface area contributed by atoms with Gasteiger partial charge in [0.2, 0.25) is 0 Å². The monoisotopic (exact) mass is 498 g/mol. The Kier molecular flexibility index (Phi) is 13.4. The number of aryl methyl sites for hydroxylation is 1. The van der Waals surface area contributed by atoms with Gasteiger partial charge in [0.15, 0.2) is 0 Å². The Morgan fingerprint density at radius 1 is 0.794 bits per heavy atom. The van der Waals surface area contributed by atoms with Crippen molar-refractivity contribution in [2.45, 2.75) is 142 Å². The lowest BCUT2D eigenvalue weighted by Gasteiger charge is -2.36. The summed E-state index contributed by atoms with van der Waals surface area (Å²) in [4.78, 5) is 19.9. The first-order valence-corrected chi connectivity index (χ1v) is 15.0. The third kappa shape index (κ3) is 10.8. The fourth-order valence-corrected chi connectivity index (χ4v) is 5.52. The third-order valence-corrected chi connectivity index (χ3v) is 7.38. The van der Waals surface area contributed by atoms with Crippen molar-refractivity contribution in [3.8, 4) is 5.75 Å². The lowest BCUT2D eigenvalue weighted by Crippen LogP contribution is -2.30. The minimum Gasteiger partial charge on any atom is -0.507 e. The molecule has 0 unspecified atom stereocenters. The highest BCUT2D eigenvalue weighted by Crippen LogP contribution is 2.51. The molecule has 0 radical (unpaired) electrons. The fourth-order valence-electron chi connectivity index (χ4n) is 4.78. The smallest absolute Gasteiger partial charge is 0.470 e. The molecular formula is C28H51O5P. The summed E-state index contributed by atoms with van der Waals surface area (Å²) in [5, 5.41) is 10.8. The molecule has 0 aromatic heterocycles. The van der Waals surface area contributed by atoms with Crippen LogP contribution in [-0.4, -0.2) is 14.9 Å². The van der Waals surface area contributed by atoms with E-state index in [9.17, 15) is 19.5 Å². The van der Waals surface area contributed by atoms with Gasteiger partial charge < -0.3 is 14.9 Å². The van der Waals surface area contributed by atoms with Gasteiger partial charge in [0.05, 0.1) is 0 Å². The summed E-state index contributed by atoms with van der Waals surface area (Å²) in [5.41, 5.74) is 0.906. The zero-order valence-corrected chi connectivity index (χ0v) is 23.6. The second-order valence-electron chi connectivity index (χ2n) is 11.1. The standard InChI is InChI=1S/C28H51O5P/c1-7-9-11-13-15-17-19-28(33-34(30,31)32,20-18-16-14-12-10-8-2)24-21-23(3)26(29)25(22-24)27(4,5)6/h21-22,29H,7-20H2,1-6H3,(H2,30,31,32). The van der Waals surface area contributed by atoms with Crippen molar-refractivity contribution in [3.63, 3.8) is 0 Å². The van der Waals surface area contributed by atoms with Crippen LogP contribution in [0, 0.1) is 6.92 Å². The molecule has 0 amide bonds. The predicted octanol–water partition coefficient (Wildman–Crippen LogP) is 8.80. The van der Waals surface area contributed by atoms with Crippen LogP contribution in [-0.2, 0) is 20.1 Å². The van der Waals surface area contributed by atoms with E-state index in [-0.39, 0.29) is 11.2 Å². The van der Waals surface area contributed by atoms with Gasteiger partial charge in [-0.15, -0.1) is 0 Å². The van der Waals surface area contributed by atoms with Crippen molar-refractivity contribution in [2.24, 2.45) is 0 Å². The molecule has 0 aliphatic heterocycles. The van der Waals surface area contributed by atoms with Gasteiger partial charge in [-0.1, -0.05) is 112 Å². The van der Waals surface area contributed by atoms with E-state index >= 15 is 0 Å². The van der Waals surface area contributed by atoms with Crippen LogP contribution in [0.15, 0.2) is 12.1 Å². The molecule has 0 aliphatic rings. The summed E-state index contributed by atoms with van der Waals surface area (Å²) >= 11 is 0. The zero-order valence-electron chi connectivity index (χ0n) is 22.7. The number of phenolic OH excluding ortho intramolecular Hbond substituents is 1. The molecule has 0 heterocycles. The Balaban J connectivity index is 3.32. The molecule has 6 heteroatoms. The zero-order chi connectivity index (χ0) is 25.8. The first-order valence-electron chi connectivity index (χ1n) is 13.5. The quantitative estimate of drug-likeness (QED) is 0.147. The van der Waals surface area contributed by atoms with E-state index in [1.54, 1.807) is 0 Å². The maximum Gasteiger partial charge on any atom is 0.470 e. The highest BCUT2D eigenvalue weighted by Gasteiger charge is 2.40. The lowest BCUT2D eigenvalue weighted by molar-refractivity contribution is 0.0103. The summed E-state index contributed by atoms with van der Waals surface area (Å²) in [6, 6.07) is 3.79. The SMILES string of the molecule is CCCCCCCCC(CCCCCCCC)(OP(=O)(O)O)c1cc(C)c(O)c(C(C)(C)C)c1. The summed E-state index contributed by atoms with van der Waals surface area (Å²) < 4.78 is 17.9. The van der Waals surface area contributed by atoms with Gasteiger partial charge in [0.25, 0.3) is 0 Å². The maximum absolute atomic E-state index is 12.2. The summed E-state index contributed by atoms with van der Waals surface area (Å²) in [7, 11) is -4.73. The van der Waals surface area contributed by atoms with Crippen LogP contribution >= 0.6 is 7.82 Å². The van der Waals surface area contributed by atoms with Crippen LogP contribution in [0.3, 0.4) is 0 Å². The van der Waals surface area contributed by atoms with E-state index in [2.05, 4.69) is 13.8 Å². The van der Waals surface area contributed by atoms with Gasteiger partial charge in [-0.25, -0.2) is 4.57 Å². The molecule has 3 N–H and O–H groups in total. The van der Waals surface area contributed by atoms with E-state index < -0.39 is 13.4 Å². The van der Waals surface area contributed by atoms with E-state index in [1.807, 2.05) is 39.8 Å². The van der Waals surface area contributed by atoms with Gasteiger partial charge in [-0.3, -0.25) is 4.52 Å². The van der Waals surface area contributed by atoms with E-state index in [0.717, 1.165) is 49.7 Å². The predicted molar refractivity (Wildman–Crippen MR) is 142 cm³/mol. The number of benzene rings is 1. The molecule has 1 rings (SSSR count). The summed E-state index contributed by atoms with van der Waals surface area (Å²) in [6.45, 7) is 12.4. The van der Waals surface area contributed by atoms with Crippen molar-refractivity contribution in [3.05, 3.63) is 28.8 Å². The number of hydrogen-bond donors (Lipinski definition) is 3. The Hall–Kier alpha value is -0.870. The number of phenols is 1. The average molecular weight is 499 g/mol. The topological polar surface area (TPSA) is 87.0 Å². The molecule has 0 aliphatic carbocycles. The highest BCUT2D eigenvalue weighted by atomic mass is 31.2. The fraction of sp³-hybridized carbons (Fsp3) is 0.786. The van der Waals surface area contributed by atoms with Crippen LogP contribution in [0.1, 0.15) is 141 Å². The first kappa shape index (κ1) is 31.2. The number of phosphoric acid groups is 1. The first-order chi connectivity index (χ1) is 15.9. The second kappa shape index (κ2) is 14.6. The number of unbranched alkanes of at least 4 members (excludes halogenated alkanes) is 10. The van der Waals surface area contributed by atoms with Crippen molar-refractivity contribution in [1.82, 2.24) is 0 Å². The van der Waals surface area contributed by atoms with Crippen LogP contribution in [0.25, 0.3) is 0 Å². The molecule has 0 saturated heterocycles. The van der Waals surface area contributed by atoms with Gasteiger partial charge in [0.1, 0.15) is 11.4 Å². The molecule has 0 atom stereocenters. The number of hydrogen-bond acceptors (Lipinski definition) is 3. The van der Waals surface area contributed by atoms with Crippen LogP contribution in [0.5, 0.6) is 5.75 Å². The molecule has 1 aromatic carbocycles. The Morgan fingerprint density at radius 2 is 1.24 bits per heavy atom. The lowest BCUT2D eigenvalue weighted by atomic mass is 9.78. The maximum atomic E-state index is 12.2. The Labute approximate surface area is 209 Å². The second-order valence-corrected chi connectivity index (χ2v) is 12.2. The summed E-state index contributed by atoms with van der Waals surface area (Å²) in [5.74, 6) is 0.250. The molecule has 0 bridgehead atoms. The molecule has 198 valence electrons. The van der Waals surface area contributed by atoms with Crippen molar-refractivity contribution in [1.29, 1.82) is 0 Å². The summed E-state index contributed by atoms with van der Waals surface area (Å²) in [6.07, 6.45) is 14.3. The Bertz CT molecular complexity index is 747. The van der Waals surface area contributed by atoms with E-state index in [1.165, 1.54) is 38.5 Å².